The van der Waals surface area contributed by atoms with Gasteiger partial charge in [0, 0.05) is 33.0 Å². The standard InChI is InChI=1S/C22H40N4O5/c1-3-4-14-25(16-19(27)23-2)21(29)12-13-22(30)26(17-20(28)24-31)15-8-7-11-18-9-5-6-10-18/h18,31H,3-17H2,1-2H3,(H,23,27)(H,24,28). The first-order valence-corrected chi connectivity index (χ1v) is 11.6. The summed E-state index contributed by atoms with van der Waals surface area (Å²) in [5.41, 5.74) is 1.57. The minimum absolute atomic E-state index is 0.0150. The van der Waals surface area contributed by atoms with Crippen LogP contribution in [0.25, 0.3) is 0 Å². The lowest BCUT2D eigenvalue weighted by atomic mass is 10.0. The van der Waals surface area contributed by atoms with Gasteiger partial charge >= 0.3 is 0 Å². The Labute approximate surface area is 185 Å². The third kappa shape index (κ3) is 11.1. The Morgan fingerprint density at radius 2 is 1.42 bits per heavy atom. The van der Waals surface area contributed by atoms with Gasteiger partial charge < -0.3 is 15.1 Å². The molecule has 1 fully saturated rings. The molecule has 178 valence electrons. The van der Waals surface area contributed by atoms with Crippen molar-refractivity contribution in [2.75, 3.05) is 33.2 Å². The van der Waals surface area contributed by atoms with Gasteiger partial charge in [0.2, 0.25) is 17.7 Å². The van der Waals surface area contributed by atoms with Gasteiger partial charge in [-0.1, -0.05) is 51.9 Å². The number of likely N-dealkylation sites (N-methyl/N-ethyl adjacent to an activating group) is 1. The van der Waals surface area contributed by atoms with Crippen LogP contribution in [0.2, 0.25) is 0 Å². The van der Waals surface area contributed by atoms with Crippen molar-refractivity contribution in [1.29, 1.82) is 0 Å². The molecule has 0 radical (unpaired) electrons. The molecular formula is C22H40N4O5. The van der Waals surface area contributed by atoms with E-state index in [-0.39, 0.29) is 43.7 Å². The molecular weight excluding hydrogens is 400 g/mol. The molecule has 0 spiro atoms. The fourth-order valence-electron chi connectivity index (χ4n) is 3.96. The van der Waals surface area contributed by atoms with Crippen LogP contribution in [0.4, 0.5) is 0 Å². The van der Waals surface area contributed by atoms with Crippen molar-refractivity contribution in [2.24, 2.45) is 5.92 Å². The number of amides is 4. The van der Waals surface area contributed by atoms with Gasteiger partial charge in [0.1, 0.15) is 6.54 Å². The Morgan fingerprint density at radius 3 is 1.94 bits per heavy atom. The second kappa shape index (κ2) is 15.6. The molecule has 0 bridgehead atoms. The van der Waals surface area contributed by atoms with E-state index in [1.54, 1.807) is 5.48 Å². The van der Waals surface area contributed by atoms with Crippen molar-refractivity contribution < 1.29 is 24.4 Å². The summed E-state index contributed by atoms with van der Waals surface area (Å²) in [6.45, 7) is 2.63. The summed E-state index contributed by atoms with van der Waals surface area (Å²) >= 11 is 0. The number of nitrogens with one attached hydrogen (secondary N) is 2. The van der Waals surface area contributed by atoms with Gasteiger partial charge in [0.15, 0.2) is 0 Å². The van der Waals surface area contributed by atoms with Crippen molar-refractivity contribution in [3.05, 3.63) is 0 Å². The summed E-state index contributed by atoms with van der Waals surface area (Å²) in [7, 11) is 1.52. The molecule has 0 unspecified atom stereocenters. The van der Waals surface area contributed by atoms with E-state index in [0.717, 1.165) is 38.0 Å². The summed E-state index contributed by atoms with van der Waals surface area (Å²) in [6.07, 6.45) is 9.70. The van der Waals surface area contributed by atoms with E-state index < -0.39 is 5.91 Å². The Hall–Kier alpha value is -2.16. The second-order valence-electron chi connectivity index (χ2n) is 8.34. The molecule has 1 aliphatic rings. The summed E-state index contributed by atoms with van der Waals surface area (Å²) < 4.78 is 0. The summed E-state index contributed by atoms with van der Waals surface area (Å²) in [4.78, 5) is 51.4. The first-order chi connectivity index (χ1) is 14.9. The Balaban J connectivity index is 2.54. The summed E-state index contributed by atoms with van der Waals surface area (Å²) in [6, 6.07) is 0. The molecule has 9 nitrogen and oxygen atoms in total. The molecule has 9 heteroatoms. The van der Waals surface area contributed by atoms with Crippen molar-refractivity contribution in [3.8, 4) is 0 Å². The zero-order valence-corrected chi connectivity index (χ0v) is 19.2. The van der Waals surface area contributed by atoms with E-state index in [2.05, 4.69) is 5.32 Å². The van der Waals surface area contributed by atoms with Gasteiger partial charge in [-0.3, -0.25) is 24.4 Å². The lowest BCUT2D eigenvalue weighted by Crippen LogP contribution is -2.42. The predicted molar refractivity (Wildman–Crippen MR) is 117 cm³/mol. The molecule has 0 saturated heterocycles. The molecule has 1 rings (SSSR count). The minimum atomic E-state index is -0.653. The van der Waals surface area contributed by atoms with Gasteiger partial charge in [0.25, 0.3) is 5.91 Å². The fraction of sp³-hybridized carbons (Fsp3) is 0.818. The van der Waals surface area contributed by atoms with E-state index in [1.807, 2.05) is 6.92 Å². The maximum atomic E-state index is 12.7. The average molecular weight is 441 g/mol. The van der Waals surface area contributed by atoms with E-state index in [4.69, 9.17) is 5.21 Å². The fourth-order valence-corrected chi connectivity index (χ4v) is 3.96. The van der Waals surface area contributed by atoms with E-state index in [9.17, 15) is 19.2 Å². The highest BCUT2D eigenvalue weighted by Gasteiger charge is 2.21. The minimum Gasteiger partial charge on any atom is -0.358 e. The number of hydrogen-bond donors (Lipinski definition) is 3. The van der Waals surface area contributed by atoms with Crippen molar-refractivity contribution in [1.82, 2.24) is 20.6 Å². The van der Waals surface area contributed by atoms with Crippen LogP contribution < -0.4 is 10.8 Å². The van der Waals surface area contributed by atoms with Gasteiger partial charge in [0.05, 0.1) is 6.54 Å². The highest BCUT2D eigenvalue weighted by atomic mass is 16.5. The van der Waals surface area contributed by atoms with Crippen LogP contribution in [0.3, 0.4) is 0 Å². The van der Waals surface area contributed by atoms with Crippen LogP contribution in [0.5, 0.6) is 0 Å². The second-order valence-corrected chi connectivity index (χ2v) is 8.34. The monoisotopic (exact) mass is 440 g/mol. The molecule has 1 aliphatic carbocycles. The molecule has 31 heavy (non-hydrogen) atoms. The van der Waals surface area contributed by atoms with Gasteiger partial charge in [-0.15, -0.1) is 0 Å². The largest absolute Gasteiger partial charge is 0.358 e. The smallest absolute Gasteiger partial charge is 0.262 e. The van der Waals surface area contributed by atoms with Gasteiger partial charge in [-0.2, -0.15) is 0 Å². The highest BCUT2D eigenvalue weighted by Crippen LogP contribution is 2.28. The average Bonchev–Trinajstić information content (AvgIpc) is 3.29. The molecule has 0 heterocycles. The number of rotatable bonds is 15. The lowest BCUT2D eigenvalue weighted by molar-refractivity contribution is -0.141. The van der Waals surface area contributed by atoms with Crippen LogP contribution >= 0.6 is 0 Å². The zero-order valence-electron chi connectivity index (χ0n) is 19.2. The molecule has 0 aromatic rings. The molecule has 1 saturated carbocycles. The van der Waals surface area contributed by atoms with Crippen molar-refractivity contribution in [2.45, 2.75) is 77.6 Å². The van der Waals surface area contributed by atoms with E-state index in [0.29, 0.717) is 13.1 Å². The van der Waals surface area contributed by atoms with Crippen LogP contribution in [-0.2, 0) is 19.2 Å². The number of hydroxylamine groups is 1. The number of carbonyl (C=O) groups excluding carboxylic acids is 4. The Kier molecular flexibility index (Phi) is 13.5. The maximum absolute atomic E-state index is 12.7. The number of hydrogen-bond acceptors (Lipinski definition) is 5. The quantitative estimate of drug-likeness (QED) is 0.204. The molecule has 0 aliphatic heterocycles. The maximum Gasteiger partial charge on any atom is 0.262 e. The number of unbranched alkanes of at least 4 members (excludes halogenated alkanes) is 2. The third-order valence-electron chi connectivity index (χ3n) is 5.88. The SMILES string of the molecule is CCCCN(CC(=O)NC)C(=O)CCC(=O)N(CCCCC1CCCC1)CC(=O)NO. The topological polar surface area (TPSA) is 119 Å². The molecule has 3 N–H and O–H groups in total. The summed E-state index contributed by atoms with van der Waals surface area (Å²) in [5, 5.41) is 11.3. The first kappa shape index (κ1) is 26.9. The van der Waals surface area contributed by atoms with E-state index in [1.165, 1.54) is 42.5 Å². The lowest BCUT2D eigenvalue weighted by Gasteiger charge is -2.24. The zero-order chi connectivity index (χ0) is 23.1. The molecule has 4 amide bonds. The third-order valence-corrected chi connectivity index (χ3v) is 5.88. The highest BCUT2D eigenvalue weighted by molar-refractivity contribution is 5.89. The molecule has 0 aromatic carbocycles. The number of carbonyl (C=O) groups is 4. The van der Waals surface area contributed by atoms with Crippen molar-refractivity contribution in [3.63, 3.8) is 0 Å². The first-order valence-electron chi connectivity index (χ1n) is 11.6. The Morgan fingerprint density at radius 1 is 0.871 bits per heavy atom. The Bertz CT molecular complexity index is 578. The van der Waals surface area contributed by atoms with Crippen LogP contribution in [0.15, 0.2) is 0 Å². The number of nitrogens with zero attached hydrogens (tertiary/aromatic N) is 2. The molecule has 0 aromatic heterocycles. The van der Waals surface area contributed by atoms with Crippen LogP contribution in [-0.4, -0.2) is 71.9 Å². The van der Waals surface area contributed by atoms with E-state index >= 15 is 0 Å². The van der Waals surface area contributed by atoms with Gasteiger partial charge in [-0.05, 0) is 18.8 Å². The van der Waals surface area contributed by atoms with Crippen molar-refractivity contribution >= 4 is 23.6 Å². The van der Waals surface area contributed by atoms with Crippen LogP contribution in [0, 0.1) is 5.92 Å². The molecule has 0 atom stereocenters. The van der Waals surface area contributed by atoms with Crippen LogP contribution in [0.1, 0.15) is 77.6 Å². The van der Waals surface area contributed by atoms with Gasteiger partial charge in [-0.25, -0.2) is 5.48 Å². The summed E-state index contributed by atoms with van der Waals surface area (Å²) in [5.74, 6) is -0.678. The normalized spacial score (nSPS) is 13.6. The predicted octanol–water partition coefficient (Wildman–Crippen LogP) is 1.84.